The largest absolute Gasteiger partial charge is 0.472 e. The first kappa shape index (κ1) is 8.97. The molecule has 0 saturated carbocycles. The molecule has 4 heteroatoms. The van der Waals surface area contributed by atoms with Gasteiger partial charge in [0.2, 0.25) is 5.91 Å². The van der Waals surface area contributed by atoms with E-state index >= 15 is 0 Å². The molecule has 15 heavy (non-hydrogen) atoms. The molecule has 0 aliphatic carbocycles. The highest BCUT2D eigenvalue weighted by Crippen LogP contribution is 2.27. The van der Waals surface area contributed by atoms with Crippen LogP contribution in [0, 0.1) is 0 Å². The molecule has 2 aliphatic rings. The number of fused-ring (bicyclic) bond motifs is 1. The van der Waals surface area contributed by atoms with E-state index in [0.29, 0.717) is 18.5 Å². The van der Waals surface area contributed by atoms with E-state index in [1.54, 1.807) is 12.5 Å². The van der Waals surface area contributed by atoms with Crippen LogP contribution in [-0.2, 0) is 11.3 Å². The fourth-order valence-corrected chi connectivity index (χ4v) is 2.63. The Morgan fingerprint density at radius 3 is 3.33 bits per heavy atom. The van der Waals surface area contributed by atoms with E-state index in [1.165, 1.54) is 5.56 Å². The molecule has 1 amide bonds. The van der Waals surface area contributed by atoms with Gasteiger partial charge in [-0.2, -0.15) is 0 Å². The van der Waals surface area contributed by atoms with Crippen molar-refractivity contribution in [2.75, 3.05) is 6.54 Å². The van der Waals surface area contributed by atoms with Crippen molar-refractivity contribution in [3.05, 3.63) is 24.2 Å². The maximum absolute atomic E-state index is 11.2. The van der Waals surface area contributed by atoms with Crippen LogP contribution in [0.1, 0.15) is 18.4 Å². The van der Waals surface area contributed by atoms with Crippen LogP contribution >= 0.6 is 0 Å². The summed E-state index contributed by atoms with van der Waals surface area (Å²) in [5.74, 6) is 0.196. The van der Waals surface area contributed by atoms with Crippen LogP contribution in [0.5, 0.6) is 0 Å². The van der Waals surface area contributed by atoms with Crippen LogP contribution in [0.25, 0.3) is 0 Å². The molecule has 80 valence electrons. The molecular weight excluding hydrogens is 192 g/mol. The van der Waals surface area contributed by atoms with Crippen molar-refractivity contribution in [3.63, 3.8) is 0 Å². The Labute approximate surface area is 88.2 Å². The van der Waals surface area contributed by atoms with Gasteiger partial charge < -0.3 is 9.73 Å². The minimum absolute atomic E-state index is 0.196. The van der Waals surface area contributed by atoms with Crippen LogP contribution in [0.15, 0.2) is 23.0 Å². The Morgan fingerprint density at radius 2 is 2.53 bits per heavy atom. The van der Waals surface area contributed by atoms with Crippen LogP contribution in [0.2, 0.25) is 0 Å². The van der Waals surface area contributed by atoms with E-state index in [4.69, 9.17) is 4.42 Å². The summed E-state index contributed by atoms with van der Waals surface area (Å²) in [5.41, 5.74) is 1.19. The van der Waals surface area contributed by atoms with Gasteiger partial charge in [0.1, 0.15) is 0 Å². The third-order valence-electron chi connectivity index (χ3n) is 3.37. The summed E-state index contributed by atoms with van der Waals surface area (Å²) in [5, 5.41) is 3.02. The molecule has 2 atom stereocenters. The summed E-state index contributed by atoms with van der Waals surface area (Å²) in [7, 11) is 0. The Morgan fingerprint density at radius 1 is 1.60 bits per heavy atom. The highest BCUT2D eigenvalue weighted by Gasteiger charge is 2.40. The maximum atomic E-state index is 11.2. The van der Waals surface area contributed by atoms with E-state index in [-0.39, 0.29) is 5.91 Å². The molecule has 0 spiro atoms. The lowest BCUT2D eigenvalue weighted by Gasteiger charge is -2.21. The van der Waals surface area contributed by atoms with E-state index in [1.807, 2.05) is 6.07 Å². The van der Waals surface area contributed by atoms with Crippen LogP contribution in [-0.4, -0.2) is 29.4 Å². The quantitative estimate of drug-likeness (QED) is 0.776. The normalized spacial score (nSPS) is 30.5. The average Bonchev–Trinajstić information content (AvgIpc) is 2.85. The number of nitrogens with one attached hydrogen (secondary N) is 1. The highest BCUT2D eigenvalue weighted by atomic mass is 16.3. The number of hydrogen-bond acceptors (Lipinski definition) is 3. The number of hydrogen-bond donors (Lipinski definition) is 1. The molecule has 0 radical (unpaired) electrons. The smallest absolute Gasteiger partial charge is 0.221 e. The molecular formula is C11H14N2O2. The summed E-state index contributed by atoms with van der Waals surface area (Å²) in [6.07, 6.45) is 5.20. The zero-order valence-corrected chi connectivity index (χ0v) is 8.48. The molecule has 3 rings (SSSR count). The minimum Gasteiger partial charge on any atom is -0.472 e. The molecule has 2 saturated heterocycles. The van der Waals surface area contributed by atoms with Crippen LogP contribution in [0.4, 0.5) is 0 Å². The van der Waals surface area contributed by atoms with Crippen molar-refractivity contribution in [1.29, 1.82) is 0 Å². The summed E-state index contributed by atoms with van der Waals surface area (Å²) >= 11 is 0. The third-order valence-corrected chi connectivity index (χ3v) is 3.37. The Kier molecular flexibility index (Phi) is 2.02. The van der Waals surface area contributed by atoms with Gasteiger partial charge in [-0.05, 0) is 12.5 Å². The van der Waals surface area contributed by atoms with Crippen molar-refractivity contribution in [1.82, 2.24) is 10.2 Å². The first-order valence-electron chi connectivity index (χ1n) is 5.37. The lowest BCUT2D eigenvalue weighted by molar-refractivity contribution is -0.119. The van der Waals surface area contributed by atoms with Gasteiger partial charge in [-0.15, -0.1) is 0 Å². The standard InChI is InChI=1S/C11H14N2O2/c14-11-5-10-9(12-11)1-3-13(10)6-8-2-4-15-7-8/h2,4,7,9-10H,1,3,5-6H2,(H,12,14)/t9-,10+/m0/s1. The number of nitrogens with zero attached hydrogens (tertiary/aromatic N) is 1. The molecule has 0 bridgehead atoms. The van der Waals surface area contributed by atoms with Gasteiger partial charge in [0.05, 0.1) is 12.5 Å². The zero-order valence-electron chi connectivity index (χ0n) is 8.48. The van der Waals surface area contributed by atoms with Gasteiger partial charge in [0.15, 0.2) is 0 Å². The number of furan rings is 1. The highest BCUT2D eigenvalue weighted by molar-refractivity contribution is 5.79. The Balaban J connectivity index is 1.70. The lowest BCUT2D eigenvalue weighted by Crippen LogP contribution is -2.33. The molecule has 0 unspecified atom stereocenters. The minimum atomic E-state index is 0.196. The van der Waals surface area contributed by atoms with Gasteiger partial charge in [0, 0.05) is 37.2 Å². The second-order valence-corrected chi connectivity index (χ2v) is 4.34. The molecule has 1 aromatic heterocycles. The third kappa shape index (κ3) is 1.55. The SMILES string of the molecule is O=C1C[C@@H]2[C@H](CCN2Cc2ccoc2)N1. The lowest BCUT2D eigenvalue weighted by atomic mass is 10.1. The monoisotopic (exact) mass is 206 g/mol. The molecule has 2 aliphatic heterocycles. The summed E-state index contributed by atoms with van der Waals surface area (Å²) in [6.45, 7) is 1.97. The van der Waals surface area contributed by atoms with Crippen molar-refractivity contribution in [3.8, 4) is 0 Å². The van der Waals surface area contributed by atoms with Crippen molar-refractivity contribution >= 4 is 5.91 Å². The molecule has 1 aromatic rings. The van der Waals surface area contributed by atoms with Crippen LogP contribution < -0.4 is 5.32 Å². The number of likely N-dealkylation sites (tertiary alicyclic amines) is 1. The Bertz CT molecular complexity index is 361. The topological polar surface area (TPSA) is 45.5 Å². The molecule has 3 heterocycles. The van der Waals surface area contributed by atoms with E-state index in [2.05, 4.69) is 10.2 Å². The molecule has 0 aromatic carbocycles. The van der Waals surface area contributed by atoms with Gasteiger partial charge in [0.25, 0.3) is 0 Å². The van der Waals surface area contributed by atoms with Gasteiger partial charge >= 0.3 is 0 Å². The molecule has 1 N–H and O–H groups in total. The van der Waals surface area contributed by atoms with E-state index in [9.17, 15) is 4.79 Å². The molecule has 4 nitrogen and oxygen atoms in total. The average molecular weight is 206 g/mol. The van der Waals surface area contributed by atoms with E-state index < -0.39 is 0 Å². The predicted molar refractivity (Wildman–Crippen MR) is 54.1 cm³/mol. The summed E-state index contributed by atoms with van der Waals surface area (Å²) in [6, 6.07) is 2.76. The van der Waals surface area contributed by atoms with Crippen molar-refractivity contribution in [2.45, 2.75) is 31.5 Å². The van der Waals surface area contributed by atoms with Crippen molar-refractivity contribution < 1.29 is 9.21 Å². The fraction of sp³-hybridized carbons (Fsp3) is 0.545. The first-order chi connectivity index (χ1) is 7.33. The Hall–Kier alpha value is -1.29. The van der Waals surface area contributed by atoms with Crippen molar-refractivity contribution in [2.24, 2.45) is 0 Å². The number of amides is 1. The zero-order chi connectivity index (χ0) is 10.3. The van der Waals surface area contributed by atoms with E-state index in [0.717, 1.165) is 19.5 Å². The van der Waals surface area contributed by atoms with Gasteiger partial charge in [-0.3, -0.25) is 9.69 Å². The van der Waals surface area contributed by atoms with Gasteiger partial charge in [-0.25, -0.2) is 0 Å². The van der Waals surface area contributed by atoms with Crippen LogP contribution in [0.3, 0.4) is 0 Å². The second kappa shape index (κ2) is 3.38. The summed E-state index contributed by atoms with van der Waals surface area (Å²) in [4.78, 5) is 13.6. The first-order valence-corrected chi connectivity index (χ1v) is 5.37. The number of rotatable bonds is 2. The fourth-order valence-electron chi connectivity index (χ4n) is 2.63. The predicted octanol–water partition coefficient (Wildman–Crippen LogP) is 0.742. The molecule has 2 fully saturated rings. The van der Waals surface area contributed by atoms with Gasteiger partial charge in [-0.1, -0.05) is 0 Å². The summed E-state index contributed by atoms with van der Waals surface area (Å²) < 4.78 is 5.05. The maximum Gasteiger partial charge on any atom is 0.221 e. The second-order valence-electron chi connectivity index (χ2n) is 4.34. The number of carbonyl (C=O) groups excluding carboxylic acids is 1. The number of carbonyl (C=O) groups is 1.